The van der Waals surface area contributed by atoms with Crippen LogP contribution in [0.3, 0.4) is 0 Å². The molecule has 3 heteroatoms. The van der Waals surface area contributed by atoms with E-state index in [0.29, 0.717) is 5.92 Å². The first kappa shape index (κ1) is 10.5. The number of carbonyl (C=O) groups excluding carboxylic acids is 1. The van der Waals surface area contributed by atoms with Crippen LogP contribution in [0.15, 0.2) is 0 Å². The van der Waals surface area contributed by atoms with Crippen LogP contribution < -0.4 is 5.32 Å². The van der Waals surface area contributed by atoms with Gasteiger partial charge in [-0.3, -0.25) is 4.79 Å². The summed E-state index contributed by atoms with van der Waals surface area (Å²) in [5.74, 6) is 0.624. The third-order valence-corrected chi connectivity index (χ3v) is 3.43. The Balaban J connectivity index is 2.73. The SMILES string of the molecule is CNC(=O)[C@]1(C)CCN(C)C[C@@H]1C. The van der Waals surface area contributed by atoms with Crippen LogP contribution in [0.1, 0.15) is 20.3 Å². The number of piperidine rings is 1. The summed E-state index contributed by atoms with van der Waals surface area (Å²) in [6, 6.07) is 0. The molecule has 76 valence electrons. The number of hydrogen-bond donors (Lipinski definition) is 1. The quantitative estimate of drug-likeness (QED) is 0.651. The Labute approximate surface area is 80.5 Å². The first-order chi connectivity index (χ1) is 6.00. The topological polar surface area (TPSA) is 32.3 Å². The van der Waals surface area contributed by atoms with E-state index in [4.69, 9.17) is 0 Å². The van der Waals surface area contributed by atoms with Crippen LogP contribution >= 0.6 is 0 Å². The summed E-state index contributed by atoms with van der Waals surface area (Å²) in [5.41, 5.74) is -0.165. The van der Waals surface area contributed by atoms with Gasteiger partial charge in [-0.15, -0.1) is 0 Å². The predicted octanol–water partition coefficient (Wildman–Crippen LogP) is 0.710. The van der Waals surface area contributed by atoms with Crippen molar-refractivity contribution in [2.45, 2.75) is 20.3 Å². The minimum Gasteiger partial charge on any atom is -0.359 e. The van der Waals surface area contributed by atoms with Gasteiger partial charge in [0.25, 0.3) is 0 Å². The minimum atomic E-state index is -0.165. The van der Waals surface area contributed by atoms with Gasteiger partial charge in [0.2, 0.25) is 5.91 Å². The minimum absolute atomic E-state index is 0.165. The average Bonchev–Trinajstić information content (AvgIpc) is 2.11. The number of nitrogens with zero attached hydrogens (tertiary/aromatic N) is 1. The molecule has 0 unspecified atom stereocenters. The van der Waals surface area contributed by atoms with E-state index in [1.165, 1.54) is 0 Å². The number of rotatable bonds is 1. The molecule has 13 heavy (non-hydrogen) atoms. The second-order valence-electron chi connectivity index (χ2n) is 4.41. The largest absolute Gasteiger partial charge is 0.359 e. The smallest absolute Gasteiger partial charge is 0.226 e. The maximum Gasteiger partial charge on any atom is 0.226 e. The van der Waals surface area contributed by atoms with E-state index in [2.05, 4.69) is 31.1 Å². The van der Waals surface area contributed by atoms with Crippen molar-refractivity contribution >= 4 is 5.91 Å². The zero-order valence-corrected chi connectivity index (χ0v) is 9.05. The highest BCUT2D eigenvalue weighted by atomic mass is 16.2. The van der Waals surface area contributed by atoms with E-state index < -0.39 is 0 Å². The third-order valence-electron chi connectivity index (χ3n) is 3.43. The lowest BCUT2D eigenvalue weighted by Gasteiger charge is -2.41. The maximum absolute atomic E-state index is 11.7. The van der Waals surface area contributed by atoms with Crippen molar-refractivity contribution in [3.05, 3.63) is 0 Å². The van der Waals surface area contributed by atoms with Crippen LogP contribution in [0.5, 0.6) is 0 Å². The second-order valence-corrected chi connectivity index (χ2v) is 4.41. The Hall–Kier alpha value is -0.570. The molecule has 0 saturated carbocycles. The Bertz CT molecular complexity index is 205. The Morgan fingerprint density at radius 2 is 2.23 bits per heavy atom. The highest BCUT2D eigenvalue weighted by molar-refractivity contribution is 5.82. The number of nitrogens with one attached hydrogen (secondary N) is 1. The molecule has 0 bridgehead atoms. The summed E-state index contributed by atoms with van der Waals surface area (Å²) >= 11 is 0. The Morgan fingerprint density at radius 1 is 1.62 bits per heavy atom. The fourth-order valence-electron chi connectivity index (χ4n) is 2.05. The average molecular weight is 184 g/mol. The summed E-state index contributed by atoms with van der Waals surface area (Å²) in [7, 11) is 3.83. The Morgan fingerprint density at radius 3 is 2.69 bits per heavy atom. The predicted molar refractivity (Wildman–Crippen MR) is 53.5 cm³/mol. The van der Waals surface area contributed by atoms with Crippen LogP contribution in [-0.4, -0.2) is 38.0 Å². The van der Waals surface area contributed by atoms with Gasteiger partial charge >= 0.3 is 0 Å². The molecule has 1 amide bonds. The van der Waals surface area contributed by atoms with Gasteiger partial charge in [0.1, 0.15) is 0 Å². The fraction of sp³-hybridized carbons (Fsp3) is 0.900. The lowest BCUT2D eigenvalue weighted by molar-refractivity contribution is -0.135. The highest BCUT2D eigenvalue weighted by Crippen LogP contribution is 2.35. The van der Waals surface area contributed by atoms with Crippen molar-refractivity contribution in [3.63, 3.8) is 0 Å². The molecular weight excluding hydrogens is 164 g/mol. The molecule has 1 heterocycles. The zero-order valence-electron chi connectivity index (χ0n) is 9.05. The normalized spacial score (nSPS) is 35.8. The Kier molecular flexibility index (Phi) is 2.96. The molecule has 1 aliphatic rings. The van der Waals surface area contributed by atoms with E-state index in [0.717, 1.165) is 19.5 Å². The standard InChI is InChI=1S/C10H20N2O/c1-8-7-12(4)6-5-10(8,2)9(13)11-3/h8H,5-7H2,1-4H3,(H,11,13)/t8-,10+/m0/s1. The fourth-order valence-corrected chi connectivity index (χ4v) is 2.05. The van der Waals surface area contributed by atoms with E-state index in [1.54, 1.807) is 7.05 Å². The lowest BCUT2D eigenvalue weighted by Crippen LogP contribution is -2.50. The first-order valence-electron chi connectivity index (χ1n) is 4.91. The van der Waals surface area contributed by atoms with Gasteiger partial charge in [-0.05, 0) is 25.9 Å². The van der Waals surface area contributed by atoms with Gasteiger partial charge in [0.05, 0.1) is 5.41 Å². The monoisotopic (exact) mass is 184 g/mol. The van der Waals surface area contributed by atoms with Crippen molar-refractivity contribution in [2.75, 3.05) is 27.2 Å². The molecule has 0 aromatic rings. The first-order valence-corrected chi connectivity index (χ1v) is 4.91. The number of hydrogen-bond acceptors (Lipinski definition) is 2. The van der Waals surface area contributed by atoms with Gasteiger partial charge < -0.3 is 10.2 Å². The molecule has 0 spiro atoms. The molecule has 1 N–H and O–H groups in total. The van der Waals surface area contributed by atoms with Crippen LogP contribution in [0.25, 0.3) is 0 Å². The maximum atomic E-state index is 11.7. The van der Waals surface area contributed by atoms with Crippen LogP contribution in [0.2, 0.25) is 0 Å². The lowest BCUT2D eigenvalue weighted by atomic mass is 9.72. The summed E-state index contributed by atoms with van der Waals surface area (Å²) in [5, 5.41) is 2.76. The van der Waals surface area contributed by atoms with Crippen LogP contribution in [0, 0.1) is 11.3 Å². The molecule has 1 aliphatic heterocycles. The van der Waals surface area contributed by atoms with Gasteiger partial charge in [0.15, 0.2) is 0 Å². The number of likely N-dealkylation sites (tertiary alicyclic amines) is 1. The molecule has 2 atom stereocenters. The summed E-state index contributed by atoms with van der Waals surface area (Å²) in [6.45, 7) is 6.27. The van der Waals surface area contributed by atoms with E-state index in [1.807, 2.05) is 0 Å². The molecule has 3 nitrogen and oxygen atoms in total. The molecule has 0 radical (unpaired) electrons. The van der Waals surface area contributed by atoms with E-state index in [9.17, 15) is 4.79 Å². The zero-order chi connectivity index (χ0) is 10.1. The van der Waals surface area contributed by atoms with Crippen molar-refractivity contribution < 1.29 is 4.79 Å². The molecule has 1 fully saturated rings. The van der Waals surface area contributed by atoms with Gasteiger partial charge in [-0.2, -0.15) is 0 Å². The van der Waals surface area contributed by atoms with Crippen molar-refractivity contribution in [3.8, 4) is 0 Å². The van der Waals surface area contributed by atoms with E-state index >= 15 is 0 Å². The second kappa shape index (κ2) is 3.66. The molecular formula is C10H20N2O. The molecule has 0 aliphatic carbocycles. The molecule has 1 saturated heterocycles. The molecule has 0 aromatic carbocycles. The van der Waals surface area contributed by atoms with Crippen molar-refractivity contribution in [1.82, 2.24) is 10.2 Å². The van der Waals surface area contributed by atoms with Crippen LogP contribution in [-0.2, 0) is 4.79 Å². The molecule has 0 aromatic heterocycles. The van der Waals surface area contributed by atoms with Crippen LogP contribution in [0.4, 0.5) is 0 Å². The van der Waals surface area contributed by atoms with Crippen molar-refractivity contribution in [1.29, 1.82) is 0 Å². The summed E-state index contributed by atoms with van der Waals surface area (Å²) in [6.07, 6.45) is 0.963. The summed E-state index contributed by atoms with van der Waals surface area (Å²) < 4.78 is 0. The van der Waals surface area contributed by atoms with Crippen molar-refractivity contribution in [2.24, 2.45) is 11.3 Å². The molecule has 1 rings (SSSR count). The van der Waals surface area contributed by atoms with Gasteiger partial charge in [-0.25, -0.2) is 0 Å². The van der Waals surface area contributed by atoms with Gasteiger partial charge in [-0.1, -0.05) is 13.8 Å². The van der Waals surface area contributed by atoms with Gasteiger partial charge in [0, 0.05) is 13.6 Å². The summed E-state index contributed by atoms with van der Waals surface area (Å²) in [4.78, 5) is 14.0. The number of amides is 1. The highest BCUT2D eigenvalue weighted by Gasteiger charge is 2.41. The van der Waals surface area contributed by atoms with E-state index in [-0.39, 0.29) is 11.3 Å². The number of carbonyl (C=O) groups is 1. The third kappa shape index (κ3) is 1.85.